The fraction of sp³-hybridized carbons (Fsp3) is 0.652. The summed E-state index contributed by atoms with van der Waals surface area (Å²) in [5.41, 5.74) is 1.05. The Balaban J connectivity index is 1.60. The molecule has 0 bridgehead atoms. The average molecular weight is 364 g/mol. The van der Waals surface area contributed by atoms with E-state index in [1.165, 1.54) is 25.7 Å². The maximum absolute atomic E-state index is 14.6. The predicted octanol–water partition coefficient (Wildman–Crippen LogP) is 7.62. The zero-order valence-corrected chi connectivity index (χ0v) is 15.9. The summed E-state index contributed by atoms with van der Waals surface area (Å²) in [5.74, 6) is 0.590. The zero-order valence-electron chi connectivity index (χ0n) is 15.9. The van der Waals surface area contributed by atoms with Gasteiger partial charge in [-0.25, -0.2) is 13.2 Å². The van der Waals surface area contributed by atoms with Gasteiger partial charge in [0.25, 0.3) is 0 Å². The summed E-state index contributed by atoms with van der Waals surface area (Å²) in [5, 5.41) is 0. The Labute approximate surface area is 155 Å². The highest BCUT2D eigenvalue weighted by Crippen LogP contribution is 2.38. The Morgan fingerprint density at radius 2 is 1.58 bits per heavy atom. The van der Waals surface area contributed by atoms with Gasteiger partial charge in [0.1, 0.15) is 11.6 Å². The van der Waals surface area contributed by atoms with Crippen molar-refractivity contribution in [3.8, 4) is 0 Å². The van der Waals surface area contributed by atoms with Crippen molar-refractivity contribution in [2.45, 2.75) is 83.5 Å². The molecule has 1 unspecified atom stereocenters. The highest BCUT2D eigenvalue weighted by molar-refractivity contribution is 5.29. The van der Waals surface area contributed by atoms with Gasteiger partial charge in [-0.1, -0.05) is 25.8 Å². The van der Waals surface area contributed by atoms with Crippen LogP contribution in [0.2, 0.25) is 0 Å². The van der Waals surface area contributed by atoms with Crippen LogP contribution in [0.25, 0.3) is 0 Å². The fourth-order valence-electron chi connectivity index (χ4n) is 4.76. The van der Waals surface area contributed by atoms with Crippen LogP contribution in [0.5, 0.6) is 0 Å². The van der Waals surface area contributed by atoms with Crippen LogP contribution in [0.15, 0.2) is 24.0 Å². The number of benzene rings is 1. The minimum absolute atomic E-state index is 0.0448. The molecule has 3 rings (SSSR count). The Hall–Kier alpha value is -1.25. The van der Waals surface area contributed by atoms with E-state index in [1.54, 1.807) is 18.2 Å². The van der Waals surface area contributed by atoms with Crippen LogP contribution < -0.4 is 0 Å². The molecule has 1 aromatic rings. The summed E-state index contributed by atoms with van der Waals surface area (Å²) in [6, 6.07) is 3.15. The van der Waals surface area contributed by atoms with Crippen LogP contribution in [0.4, 0.5) is 13.2 Å². The standard InChI is InChI=1S/C23H31F3/c1-2-3-16-4-9-18(10-5-16)19-14-22(25)21(23(26)15-19)13-8-17-6-11-20(24)12-7-17/h11,14-18H,2-10,12-13H2,1H3. The van der Waals surface area contributed by atoms with E-state index in [0.717, 1.165) is 37.2 Å². The Bertz CT molecular complexity index is 603. The van der Waals surface area contributed by atoms with Crippen LogP contribution >= 0.6 is 0 Å². The molecule has 0 aliphatic heterocycles. The summed E-state index contributed by atoms with van der Waals surface area (Å²) in [7, 11) is 0. The molecule has 0 nitrogen and oxygen atoms in total. The fourth-order valence-corrected chi connectivity index (χ4v) is 4.76. The zero-order chi connectivity index (χ0) is 18.5. The molecule has 0 saturated heterocycles. The molecule has 3 heteroatoms. The van der Waals surface area contributed by atoms with Crippen molar-refractivity contribution < 1.29 is 13.2 Å². The number of allylic oxidation sites excluding steroid dienone is 2. The molecule has 1 saturated carbocycles. The van der Waals surface area contributed by atoms with Crippen molar-refractivity contribution in [3.63, 3.8) is 0 Å². The second kappa shape index (κ2) is 9.10. The van der Waals surface area contributed by atoms with E-state index in [4.69, 9.17) is 0 Å². The van der Waals surface area contributed by atoms with Crippen molar-refractivity contribution in [2.75, 3.05) is 0 Å². The average Bonchev–Trinajstić information content (AvgIpc) is 2.63. The normalized spacial score (nSPS) is 26.6. The molecular formula is C23H31F3. The first-order valence-corrected chi connectivity index (χ1v) is 10.4. The predicted molar refractivity (Wildman–Crippen MR) is 101 cm³/mol. The minimum atomic E-state index is -0.395. The molecule has 1 fully saturated rings. The summed E-state index contributed by atoms with van der Waals surface area (Å²) >= 11 is 0. The van der Waals surface area contributed by atoms with Gasteiger partial charge < -0.3 is 0 Å². The summed E-state index contributed by atoms with van der Waals surface area (Å²) in [6.07, 6.45) is 11.6. The third kappa shape index (κ3) is 4.92. The molecule has 0 heterocycles. The van der Waals surface area contributed by atoms with E-state index in [2.05, 4.69) is 6.92 Å². The molecule has 0 N–H and O–H groups in total. The first kappa shape index (κ1) is 19.5. The van der Waals surface area contributed by atoms with Gasteiger partial charge in [0, 0.05) is 5.56 Å². The second-order valence-electron chi connectivity index (χ2n) is 8.30. The van der Waals surface area contributed by atoms with Crippen LogP contribution in [0.1, 0.15) is 88.2 Å². The Morgan fingerprint density at radius 3 is 2.15 bits per heavy atom. The number of hydrogen-bond donors (Lipinski definition) is 0. The van der Waals surface area contributed by atoms with Gasteiger partial charge >= 0.3 is 0 Å². The lowest BCUT2D eigenvalue weighted by atomic mass is 9.77. The first-order valence-electron chi connectivity index (χ1n) is 10.4. The third-order valence-corrected chi connectivity index (χ3v) is 6.45. The molecule has 144 valence electrons. The highest BCUT2D eigenvalue weighted by Gasteiger charge is 2.24. The van der Waals surface area contributed by atoms with Gasteiger partial charge in [0.15, 0.2) is 0 Å². The molecule has 2 aliphatic rings. The van der Waals surface area contributed by atoms with E-state index in [9.17, 15) is 13.2 Å². The summed E-state index contributed by atoms with van der Waals surface area (Å²) in [4.78, 5) is 0. The molecule has 1 aromatic carbocycles. The maximum Gasteiger partial charge on any atom is 0.129 e. The van der Waals surface area contributed by atoms with Crippen LogP contribution in [-0.4, -0.2) is 0 Å². The SMILES string of the molecule is CCCC1CCC(c2cc(F)c(CCC3CC=C(F)CC3)c(F)c2)CC1. The number of hydrogen-bond acceptors (Lipinski definition) is 0. The van der Waals surface area contributed by atoms with Gasteiger partial charge in [0.05, 0.1) is 5.83 Å². The second-order valence-corrected chi connectivity index (χ2v) is 8.30. The van der Waals surface area contributed by atoms with Crippen molar-refractivity contribution in [2.24, 2.45) is 11.8 Å². The maximum atomic E-state index is 14.6. The van der Waals surface area contributed by atoms with Gasteiger partial charge in [-0.2, -0.15) is 0 Å². The third-order valence-electron chi connectivity index (χ3n) is 6.45. The molecular weight excluding hydrogens is 333 g/mol. The van der Waals surface area contributed by atoms with Gasteiger partial charge in [-0.3, -0.25) is 0 Å². The summed E-state index contributed by atoms with van der Waals surface area (Å²) < 4.78 is 42.2. The van der Waals surface area contributed by atoms with Gasteiger partial charge in [-0.15, -0.1) is 0 Å². The molecule has 0 radical (unpaired) electrons. The molecule has 2 aliphatic carbocycles. The van der Waals surface area contributed by atoms with Crippen LogP contribution in [0, 0.1) is 23.5 Å². The lowest BCUT2D eigenvalue weighted by Crippen LogP contribution is -2.14. The number of halogens is 3. The lowest BCUT2D eigenvalue weighted by Gasteiger charge is -2.29. The largest absolute Gasteiger partial charge is 0.212 e. The quantitative estimate of drug-likeness (QED) is 0.487. The molecule has 1 atom stereocenters. The molecule has 0 spiro atoms. The van der Waals surface area contributed by atoms with E-state index in [0.29, 0.717) is 31.1 Å². The monoisotopic (exact) mass is 364 g/mol. The molecule has 0 amide bonds. The minimum Gasteiger partial charge on any atom is -0.212 e. The van der Waals surface area contributed by atoms with Crippen molar-refractivity contribution in [3.05, 3.63) is 46.8 Å². The van der Waals surface area contributed by atoms with Gasteiger partial charge in [0.2, 0.25) is 0 Å². The van der Waals surface area contributed by atoms with E-state index >= 15 is 0 Å². The van der Waals surface area contributed by atoms with Crippen molar-refractivity contribution in [1.29, 1.82) is 0 Å². The summed E-state index contributed by atoms with van der Waals surface area (Å²) in [6.45, 7) is 2.22. The molecule has 0 aromatic heterocycles. The van der Waals surface area contributed by atoms with Crippen LogP contribution in [0.3, 0.4) is 0 Å². The number of rotatable bonds is 6. The van der Waals surface area contributed by atoms with E-state index in [1.807, 2.05) is 0 Å². The lowest BCUT2D eigenvalue weighted by molar-refractivity contribution is 0.307. The Morgan fingerprint density at radius 1 is 0.885 bits per heavy atom. The van der Waals surface area contributed by atoms with E-state index in [-0.39, 0.29) is 11.4 Å². The smallest absolute Gasteiger partial charge is 0.129 e. The first-order chi connectivity index (χ1) is 12.6. The topological polar surface area (TPSA) is 0 Å². The highest BCUT2D eigenvalue weighted by atomic mass is 19.1. The van der Waals surface area contributed by atoms with E-state index < -0.39 is 11.6 Å². The van der Waals surface area contributed by atoms with Crippen LogP contribution in [-0.2, 0) is 6.42 Å². The van der Waals surface area contributed by atoms with Crippen molar-refractivity contribution in [1.82, 2.24) is 0 Å². The van der Waals surface area contributed by atoms with Crippen molar-refractivity contribution >= 4 is 0 Å². The van der Waals surface area contributed by atoms with Gasteiger partial charge in [-0.05, 0) is 93.2 Å². The Kier molecular flexibility index (Phi) is 6.83. The molecule has 26 heavy (non-hydrogen) atoms.